The van der Waals surface area contributed by atoms with Crippen molar-refractivity contribution in [3.8, 4) is 11.3 Å². The van der Waals surface area contributed by atoms with E-state index in [4.69, 9.17) is 16.3 Å². The lowest BCUT2D eigenvalue weighted by Crippen LogP contribution is -2.35. The summed E-state index contributed by atoms with van der Waals surface area (Å²) in [4.78, 5) is 25.5. The van der Waals surface area contributed by atoms with E-state index in [1.54, 1.807) is 18.5 Å². The zero-order chi connectivity index (χ0) is 20.1. The molecule has 0 bridgehead atoms. The van der Waals surface area contributed by atoms with Crippen LogP contribution in [0.2, 0.25) is 5.02 Å². The van der Waals surface area contributed by atoms with Crippen LogP contribution in [0.15, 0.2) is 24.7 Å². The van der Waals surface area contributed by atoms with E-state index in [0.29, 0.717) is 33.8 Å². The molecule has 0 radical (unpaired) electrons. The minimum absolute atomic E-state index is 0.0822. The van der Waals surface area contributed by atoms with Gasteiger partial charge in [-0.15, -0.1) is 0 Å². The van der Waals surface area contributed by atoms with Crippen molar-refractivity contribution >= 4 is 29.1 Å². The van der Waals surface area contributed by atoms with Crippen LogP contribution in [-0.4, -0.2) is 53.2 Å². The average molecular weight is 417 g/mol. The van der Waals surface area contributed by atoms with Crippen molar-refractivity contribution in [3.63, 3.8) is 0 Å². The zero-order valence-electron chi connectivity index (χ0n) is 16.2. The van der Waals surface area contributed by atoms with Crippen LogP contribution in [0.4, 0.5) is 11.6 Å². The van der Waals surface area contributed by atoms with E-state index in [9.17, 15) is 4.79 Å². The number of ether oxygens (including phenoxy) is 1. The van der Waals surface area contributed by atoms with Gasteiger partial charge in [-0.05, 0) is 44.2 Å². The van der Waals surface area contributed by atoms with E-state index in [1.165, 1.54) is 6.20 Å². The lowest BCUT2D eigenvalue weighted by atomic mass is 10.0. The summed E-state index contributed by atoms with van der Waals surface area (Å²) in [5.74, 6) is 1.64. The second-order valence-electron chi connectivity index (χ2n) is 7.41. The molecular weight excluding hydrogens is 392 g/mol. The van der Waals surface area contributed by atoms with E-state index in [2.05, 4.69) is 30.9 Å². The first-order valence-corrected chi connectivity index (χ1v) is 10.4. The highest BCUT2D eigenvalue weighted by Gasteiger charge is 2.22. The Labute approximate surface area is 174 Å². The van der Waals surface area contributed by atoms with Gasteiger partial charge in [0.2, 0.25) is 5.91 Å². The predicted molar refractivity (Wildman–Crippen MR) is 112 cm³/mol. The Morgan fingerprint density at radius 2 is 2.07 bits per heavy atom. The van der Waals surface area contributed by atoms with E-state index in [0.717, 1.165) is 52.0 Å². The van der Waals surface area contributed by atoms with Gasteiger partial charge in [0.15, 0.2) is 0 Å². The largest absolute Gasteiger partial charge is 0.381 e. The molecule has 29 heavy (non-hydrogen) atoms. The molecule has 3 N–H and O–H groups in total. The zero-order valence-corrected chi connectivity index (χ0v) is 16.9. The molecule has 0 saturated carbocycles. The summed E-state index contributed by atoms with van der Waals surface area (Å²) in [6.45, 7) is 3.33. The number of carbonyl (C=O) groups excluding carboxylic acids is 1. The van der Waals surface area contributed by atoms with E-state index >= 15 is 0 Å². The van der Waals surface area contributed by atoms with Crippen LogP contribution >= 0.6 is 11.6 Å². The van der Waals surface area contributed by atoms with Crippen LogP contribution in [0, 0.1) is 5.92 Å². The Hall–Kier alpha value is -2.29. The van der Waals surface area contributed by atoms with Gasteiger partial charge in [-0.3, -0.25) is 9.78 Å². The summed E-state index contributed by atoms with van der Waals surface area (Å²) in [5.41, 5.74) is 1.31. The molecule has 2 saturated heterocycles. The lowest BCUT2D eigenvalue weighted by Gasteiger charge is -2.22. The Kier molecular flexibility index (Phi) is 6.53. The first-order chi connectivity index (χ1) is 14.2. The van der Waals surface area contributed by atoms with E-state index < -0.39 is 0 Å². The van der Waals surface area contributed by atoms with Crippen molar-refractivity contribution in [1.29, 1.82) is 0 Å². The molecule has 4 rings (SSSR count). The normalized spacial score (nSPS) is 19.8. The molecule has 2 fully saturated rings. The molecule has 4 heterocycles. The summed E-state index contributed by atoms with van der Waals surface area (Å²) in [6.07, 6.45) is 8.82. The minimum Gasteiger partial charge on any atom is -0.381 e. The molecule has 9 heteroatoms. The molecule has 2 aliphatic heterocycles. The summed E-state index contributed by atoms with van der Waals surface area (Å²) in [5, 5.41) is 9.85. The number of hydrogen-bond acceptors (Lipinski definition) is 7. The summed E-state index contributed by atoms with van der Waals surface area (Å²) in [7, 11) is 0. The van der Waals surface area contributed by atoms with Crippen LogP contribution in [0.1, 0.15) is 25.7 Å². The number of halogens is 1. The molecule has 8 nitrogen and oxygen atoms in total. The SMILES string of the molecule is O=C(Nc1cc(-c2cncc(NCC3CCOCC3)n2)c(Cl)cn1)C1CCCN1. The molecule has 154 valence electrons. The molecule has 2 aliphatic rings. The van der Waals surface area contributed by atoms with Gasteiger partial charge >= 0.3 is 0 Å². The average Bonchev–Trinajstić information content (AvgIpc) is 3.30. The second kappa shape index (κ2) is 9.47. The quantitative estimate of drug-likeness (QED) is 0.665. The highest BCUT2D eigenvalue weighted by atomic mass is 35.5. The second-order valence-corrected chi connectivity index (χ2v) is 7.82. The topological polar surface area (TPSA) is 101 Å². The number of hydrogen-bond donors (Lipinski definition) is 3. The first kappa shape index (κ1) is 20.0. The van der Waals surface area contributed by atoms with Gasteiger partial charge in [-0.2, -0.15) is 0 Å². The van der Waals surface area contributed by atoms with Gasteiger partial charge in [0, 0.05) is 31.5 Å². The summed E-state index contributed by atoms with van der Waals surface area (Å²) >= 11 is 6.36. The Morgan fingerprint density at radius 3 is 2.86 bits per heavy atom. The third-order valence-corrected chi connectivity index (χ3v) is 5.61. The van der Waals surface area contributed by atoms with Gasteiger partial charge in [0.1, 0.15) is 11.6 Å². The van der Waals surface area contributed by atoms with Gasteiger partial charge in [0.25, 0.3) is 0 Å². The number of nitrogens with one attached hydrogen (secondary N) is 3. The number of rotatable bonds is 6. The maximum Gasteiger partial charge on any atom is 0.242 e. The van der Waals surface area contributed by atoms with Crippen LogP contribution in [0.3, 0.4) is 0 Å². The summed E-state index contributed by atoms with van der Waals surface area (Å²) < 4.78 is 5.40. The van der Waals surface area contributed by atoms with Crippen molar-refractivity contribution in [2.75, 3.05) is 36.9 Å². The molecular formula is C20H25ClN6O2. The highest BCUT2D eigenvalue weighted by Crippen LogP contribution is 2.28. The Morgan fingerprint density at radius 1 is 1.21 bits per heavy atom. The number of carbonyl (C=O) groups is 1. The molecule has 0 spiro atoms. The molecule has 0 aromatic carbocycles. The fourth-order valence-corrected chi connectivity index (χ4v) is 3.81. The van der Waals surface area contributed by atoms with Crippen LogP contribution in [-0.2, 0) is 9.53 Å². The Balaban J connectivity index is 1.46. The molecule has 2 aromatic heterocycles. The predicted octanol–water partition coefficient (Wildman–Crippen LogP) is 2.72. The van der Waals surface area contributed by atoms with Crippen LogP contribution < -0.4 is 16.0 Å². The smallest absolute Gasteiger partial charge is 0.242 e. The van der Waals surface area contributed by atoms with Crippen molar-refractivity contribution in [2.45, 2.75) is 31.7 Å². The van der Waals surface area contributed by atoms with E-state index in [-0.39, 0.29) is 11.9 Å². The van der Waals surface area contributed by atoms with Crippen molar-refractivity contribution in [3.05, 3.63) is 29.7 Å². The number of pyridine rings is 1. The fourth-order valence-electron chi connectivity index (χ4n) is 3.61. The standard InChI is InChI=1S/C20H25ClN6O2/c21-15-10-25-18(27-20(28)16-2-1-5-23-16)8-14(15)17-11-22-12-19(26-17)24-9-13-3-6-29-7-4-13/h8,10-13,16,23H,1-7,9H2,(H,24,26)(H,25,27,28). The summed E-state index contributed by atoms with van der Waals surface area (Å²) in [6, 6.07) is 1.56. The van der Waals surface area contributed by atoms with Crippen LogP contribution in [0.25, 0.3) is 11.3 Å². The number of aromatic nitrogens is 3. The maximum absolute atomic E-state index is 12.3. The van der Waals surface area contributed by atoms with Crippen molar-refractivity contribution in [1.82, 2.24) is 20.3 Å². The molecule has 1 unspecified atom stereocenters. The van der Waals surface area contributed by atoms with Gasteiger partial charge in [0.05, 0.1) is 29.2 Å². The van der Waals surface area contributed by atoms with Crippen molar-refractivity contribution in [2.24, 2.45) is 5.92 Å². The van der Waals surface area contributed by atoms with Gasteiger partial charge in [-0.1, -0.05) is 11.6 Å². The minimum atomic E-state index is -0.173. The molecule has 1 amide bonds. The Bertz CT molecular complexity index is 853. The van der Waals surface area contributed by atoms with Gasteiger partial charge < -0.3 is 20.7 Å². The first-order valence-electron chi connectivity index (χ1n) is 10.0. The highest BCUT2D eigenvalue weighted by molar-refractivity contribution is 6.33. The molecule has 0 aliphatic carbocycles. The van der Waals surface area contributed by atoms with Gasteiger partial charge in [-0.25, -0.2) is 9.97 Å². The fraction of sp³-hybridized carbons (Fsp3) is 0.500. The molecule has 2 aromatic rings. The third-order valence-electron chi connectivity index (χ3n) is 5.31. The molecule has 1 atom stereocenters. The monoisotopic (exact) mass is 416 g/mol. The maximum atomic E-state index is 12.3. The lowest BCUT2D eigenvalue weighted by molar-refractivity contribution is -0.117. The number of anilines is 2. The number of amides is 1. The van der Waals surface area contributed by atoms with Crippen molar-refractivity contribution < 1.29 is 9.53 Å². The number of nitrogens with zero attached hydrogens (tertiary/aromatic N) is 3. The van der Waals surface area contributed by atoms with Crippen LogP contribution in [0.5, 0.6) is 0 Å². The third kappa shape index (κ3) is 5.20. The van der Waals surface area contributed by atoms with E-state index in [1.807, 2.05) is 0 Å².